The second-order valence-electron chi connectivity index (χ2n) is 5.01. The molecule has 3 aliphatic rings. The summed E-state index contributed by atoms with van der Waals surface area (Å²) in [4.78, 5) is 13.5. The van der Waals surface area contributed by atoms with Crippen LogP contribution in [0.25, 0.3) is 0 Å². The molecule has 84 valence electrons. The number of carbonyl (C=O) groups excluding carboxylic acids is 1. The lowest BCUT2D eigenvalue weighted by atomic mass is 10.0. The van der Waals surface area contributed by atoms with E-state index in [9.17, 15) is 4.79 Å². The van der Waals surface area contributed by atoms with E-state index >= 15 is 0 Å². The number of urea groups is 1. The molecule has 1 aliphatic carbocycles. The summed E-state index contributed by atoms with van der Waals surface area (Å²) in [5.41, 5.74) is 8.02. The molecule has 3 rings (SSSR count). The van der Waals surface area contributed by atoms with E-state index in [0.29, 0.717) is 24.0 Å². The van der Waals surface area contributed by atoms with Crippen LogP contribution in [0.5, 0.6) is 0 Å². The Morgan fingerprint density at radius 2 is 2.27 bits per heavy atom. The molecule has 15 heavy (non-hydrogen) atoms. The minimum Gasteiger partial charge on any atom is -0.351 e. The van der Waals surface area contributed by atoms with Crippen LogP contribution in [-0.4, -0.2) is 47.2 Å². The summed E-state index contributed by atoms with van der Waals surface area (Å²) in [6, 6.07) is 1.19. The zero-order valence-electron chi connectivity index (χ0n) is 9.02. The van der Waals surface area contributed by atoms with Gasteiger partial charge in [-0.3, -0.25) is 10.3 Å². The number of primary amides is 1. The maximum Gasteiger partial charge on any atom is 0.326 e. The number of hydrazine groups is 1. The second kappa shape index (κ2) is 3.09. The molecule has 0 spiro atoms. The summed E-state index contributed by atoms with van der Waals surface area (Å²) in [5, 5.41) is 2.12. The molecule has 0 aromatic rings. The number of fused-ring (bicyclic) bond motifs is 4. The normalized spacial score (nSPS) is 48.2. The van der Waals surface area contributed by atoms with Crippen molar-refractivity contribution in [3.63, 3.8) is 0 Å². The zero-order chi connectivity index (χ0) is 10.6. The first kappa shape index (κ1) is 9.42. The quantitative estimate of drug-likeness (QED) is 0.626. The van der Waals surface area contributed by atoms with Gasteiger partial charge in [-0.2, -0.15) is 0 Å². The van der Waals surface area contributed by atoms with Crippen molar-refractivity contribution < 1.29 is 4.79 Å². The molecule has 2 bridgehead atoms. The number of nitrogens with zero attached hydrogens (tertiary/aromatic N) is 2. The highest BCUT2D eigenvalue weighted by Gasteiger charge is 2.59. The standard InChI is InChI=1S/C10H18N4O/c1-6-8-9(6)14(12-10(11)15)7-3-2-4-13(8)5-7/h6-9H,2-5H2,1H3,(H3,11,12,15). The summed E-state index contributed by atoms with van der Waals surface area (Å²) in [6.45, 7) is 4.57. The van der Waals surface area contributed by atoms with Crippen LogP contribution in [0.4, 0.5) is 4.79 Å². The van der Waals surface area contributed by atoms with Crippen molar-refractivity contribution >= 4 is 6.03 Å². The highest BCUT2D eigenvalue weighted by atomic mass is 16.2. The van der Waals surface area contributed by atoms with Gasteiger partial charge in [-0.05, 0) is 25.3 Å². The third-order valence-corrected chi connectivity index (χ3v) is 4.09. The lowest BCUT2D eigenvalue weighted by Gasteiger charge is -2.44. The lowest BCUT2D eigenvalue weighted by molar-refractivity contribution is 0.0121. The van der Waals surface area contributed by atoms with E-state index in [1.54, 1.807) is 0 Å². The van der Waals surface area contributed by atoms with Gasteiger partial charge in [0.25, 0.3) is 0 Å². The fourth-order valence-electron chi connectivity index (χ4n) is 3.41. The second-order valence-corrected chi connectivity index (χ2v) is 5.01. The number of amides is 2. The zero-order valence-corrected chi connectivity index (χ0v) is 9.02. The number of carbonyl (C=O) groups is 1. The van der Waals surface area contributed by atoms with Gasteiger partial charge >= 0.3 is 6.03 Å². The third-order valence-electron chi connectivity index (χ3n) is 4.09. The van der Waals surface area contributed by atoms with Crippen LogP contribution in [-0.2, 0) is 0 Å². The average molecular weight is 210 g/mol. The van der Waals surface area contributed by atoms with Gasteiger partial charge in [0.1, 0.15) is 0 Å². The molecule has 0 aromatic carbocycles. The van der Waals surface area contributed by atoms with Gasteiger partial charge in [-0.15, -0.1) is 0 Å². The van der Waals surface area contributed by atoms with E-state index in [-0.39, 0.29) is 0 Å². The van der Waals surface area contributed by atoms with Gasteiger partial charge in [0.15, 0.2) is 0 Å². The van der Waals surface area contributed by atoms with Gasteiger partial charge in [0, 0.05) is 24.7 Å². The fourth-order valence-corrected chi connectivity index (χ4v) is 3.41. The molecule has 1 saturated carbocycles. The van der Waals surface area contributed by atoms with Crippen molar-refractivity contribution in [1.82, 2.24) is 15.3 Å². The molecule has 5 unspecified atom stereocenters. The largest absolute Gasteiger partial charge is 0.351 e. The topological polar surface area (TPSA) is 61.6 Å². The van der Waals surface area contributed by atoms with Crippen molar-refractivity contribution in [1.29, 1.82) is 0 Å². The number of nitrogens with one attached hydrogen (secondary N) is 1. The lowest BCUT2D eigenvalue weighted by Crippen LogP contribution is -2.62. The van der Waals surface area contributed by atoms with Gasteiger partial charge < -0.3 is 5.73 Å². The molecule has 2 heterocycles. The van der Waals surface area contributed by atoms with Crippen molar-refractivity contribution in [2.24, 2.45) is 11.7 Å². The van der Waals surface area contributed by atoms with Crippen molar-refractivity contribution in [2.45, 2.75) is 37.9 Å². The van der Waals surface area contributed by atoms with E-state index in [2.05, 4.69) is 22.3 Å². The molecule has 3 fully saturated rings. The molecule has 2 aliphatic heterocycles. The van der Waals surface area contributed by atoms with Crippen molar-refractivity contribution in [3.8, 4) is 0 Å². The molecule has 0 aromatic heterocycles. The molecular formula is C10H18N4O. The van der Waals surface area contributed by atoms with E-state index in [0.717, 1.165) is 6.54 Å². The molecular weight excluding hydrogens is 192 g/mol. The van der Waals surface area contributed by atoms with E-state index in [1.165, 1.54) is 19.4 Å². The first-order valence-corrected chi connectivity index (χ1v) is 5.77. The molecule has 5 atom stereocenters. The minimum atomic E-state index is -0.424. The van der Waals surface area contributed by atoms with E-state index < -0.39 is 6.03 Å². The summed E-state index contributed by atoms with van der Waals surface area (Å²) in [6.07, 6.45) is 2.41. The van der Waals surface area contributed by atoms with Crippen LogP contribution in [0.1, 0.15) is 19.8 Å². The van der Waals surface area contributed by atoms with Crippen molar-refractivity contribution in [3.05, 3.63) is 0 Å². The smallest absolute Gasteiger partial charge is 0.326 e. The minimum absolute atomic E-state index is 0.424. The Morgan fingerprint density at radius 1 is 1.47 bits per heavy atom. The Balaban J connectivity index is 1.79. The molecule has 3 N–H and O–H groups in total. The predicted octanol–water partition coefficient (Wildman–Crippen LogP) is -0.263. The van der Waals surface area contributed by atoms with Gasteiger partial charge in [0.2, 0.25) is 0 Å². The van der Waals surface area contributed by atoms with Crippen LogP contribution >= 0.6 is 0 Å². The number of piperidine rings is 1. The Hall–Kier alpha value is -0.810. The number of hydrogen-bond acceptors (Lipinski definition) is 3. The van der Waals surface area contributed by atoms with Crippen LogP contribution in [0, 0.1) is 5.92 Å². The van der Waals surface area contributed by atoms with E-state index in [4.69, 9.17) is 5.73 Å². The van der Waals surface area contributed by atoms with Crippen LogP contribution < -0.4 is 11.2 Å². The maximum absolute atomic E-state index is 11.0. The summed E-state index contributed by atoms with van der Waals surface area (Å²) >= 11 is 0. The Labute approximate surface area is 89.5 Å². The number of nitrogens with two attached hydrogens (primary N) is 1. The van der Waals surface area contributed by atoms with Crippen LogP contribution in [0.2, 0.25) is 0 Å². The molecule has 0 radical (unpaired) electrons. The van der Waals surface area contributed by atoms with Gasteiger partial charge in [0.05, 0.1) is 0 Å². The monoisotopic (exact) mass is 210 g/mol. The maximum atomic E-state index is 11.0. The molecule has 5 nitrogen and oxygen atoms in total. The molecule has 5 heteroatoms. The Morgan fingerprint density at radius 3 is 3.00 bits per heavy atom. The first-order chi connectivity index (χ1) is 7.18. The Bertz CT molecular complexity index is 293. The van der Waals surface area contributed by atoms with Gasteiger partial charge in [-0.1, -0.05) is 6.92 Å². The highest BCUT2D eigenvalue weighted by Crippen LogP contribution is 2.46. The Kier molecular flexibility index (Phi) is 1.94. The number of rotatable bonds is 1. The molecule has 2 saturated heterocycles. The van der Waals surface area contributed by atoms with Crippen molar-refractivity contribution in [2.75, 3.05) is 13.1 Å². The highest BCUT2D eigenvalue weighted by molar-refractivity contribution is 5.71. The first-order valence-electron chi connectivity index (χ1n) is 5.77. The molecule has 2 amide bonds. The summed E-state index contributed by atoms with van der Waals surface area (Å²) in [7, 11) is 0. The predicted molar refractivity (Wildman–Crippen MR) is 55.9 cm³/mol. The van der Waals surface area contributed by atoms with Crippen LogP contribution in [0.15, 0.2) is 0 Å². The average Bonchev–Trinajstić information content (AvgIpc) is 2.85. The number of hydrogen-bond donors (Lipinski definition) is 2. The SMILES string of the molecule is CC1C2C1N(NC(N)=O)C1CCCN2C1. The summed E-state index contributed by atoms with van der Waals surface area (Å²) in [5.74, 6) is 0.667. The summed E-state index contributed by atoms with van der Waals surface area (Å²) < 4.78 is 0. The number of piperazine rings is 1. The van der Waals surface area contributed by atoms with E-state index in [1.807, 2.05) is 0 Å². The van der Waals surface area contributed by atoms with Crippen LogP contribution in [0.3, 0.4) is 0 Å². The third kappa shape index (κ3) is 1.33. The van der Waals surface area contributed by atoms with Gasteiger partial charge in [-0.25, -0.2) is 9.80 Å². The fraction of sp³-hybridized carbons (Fsp3) is 0.900.